The zero-order chi connectivity index (χ0) is 15.2. The fraction of sp³-hybridized carbons (Fsp3) is 0.105. The van der Waals surface area contributed by atoms with Crippen molar-refractivity contribution in [1.82, 2.24) is 9.97 Å². The van der Waals surface area contributed by atoms with Crippen LogP contribution in [-0.4, -0.2) is 9.97 Å². The summed E-state index contributed by atoms with van der Waals surface area (Å²) in [5.74, 6) is 0.839. The molecule has 3 heteroatoms. The zero-order valence-electron chi connectivity index (χ0n) is 12.3. The van der Waals surface area contributed by atoms with Crippen LogP contribution >= 0.6 is 0 Å². The first-order valence-corrected chi connectivity index (χ1v) is 7.25. The Bertz CT molecular complexity index is 720. The van der Waals surface area contributed by atoms with E-state index in [0.29, 0.717) is 6.61 Å². The number of ether oxygens (including phenoxy) is 1. The summed E-state index contributed by atoms with van der Waals surface area (Å²) in [6.45, 7) is 4.46. The van der Waals surface area contributed by atoms with Crippen LogP contribution in [0.2, 0.25) is 0 Å². The fourth-order valence-electron chi connectivity index (χ4n) is 2.42. The highest BCUT2D eigenvalue weighted by molar-refractivity contribution is 5.61. The van der Waals surface area contributed by atoms with Crippen LogP contribution in [0.5, 0.6) is 0 Å². The van der Waals surface area contributed by atoms with Crippen LogP contribution in [0.1, 0.15) is 17.2 Å². The van der Waals surface area contributed by atoms with E-state index in [4.69, 9.17) is 4.74 Å². The molecule has 0 spiro atoms. The Labute approximate surface area is 130 Å². The normalized spacial score (nSPS) is 12.0. The van der Waals surface area contributed by atoms with Crippen molar-refractivity contribution in [1.29, 1.82) is 0 Å². The van der Waals surface area contributed by atoms with Gasteiger partial charge in [0.15, 0.2) is 0 Å². The molecule has 0 saturated heterocycles. The van der Waals surface area contributed by atoms with Gasteiger partial charge in [-0.15, -0.1) is 6.58 Å². The molecule has 0 aliphatic carbocycles. The van der Waals surface area contributed by atoms with Gasteiger partial charge in [-0.1, -0.05) is 60.7 Å². The van der Waals surface area contributed by atoms with Crippen LogP contribution in [0.4, 0.5) is 0 Å². The second-order valence-electron chi connectivity index (χ2n) is 4.98. The van der Waals surface area contributed by atoms with Gasteiger partial charge in [0.05, 0.1) is 6.61 Å². The van der Waals surface area contributed by atoms with E-state index in [1.54, 1.807) is 6.20 Å². The summed E-state index contributed by atoms with van der Waals surface area (Å²) in [4.78, 5) is 7.48. The van der Waals surface area contributed by atoms with Gasteiger partial charge >= 0.3 is 0 Å². The fourth-order valence-corrected chi connectivity index (χ4v) is 2.42. The smallest absolute Gasteiger partial charge is 0.137 e. The van der Waals surface area contributed by atoms with Crippen molar-refractivity contribution in [3.05, 3.63) is 90.8 Å². The molecule has 22 heavy (non-hydrogen) atoms. The Morgan fingerprint density at radius 1 is 1.09 bits per heavy atom. The largest absolute Gasteiger partial charge is 0.365 e. The summed E-state index contributed by atoms with van der Waals surface area (Å²) < 4.78 is 6.04. The Balaban J connectivity index is 1.83. The van der Waals surface area contributed by atoms with Gasteiger partial charge in [-0.3, -0.25) is 0 Å². The Hall–Kier alpha value is -2.65. The average Bonchev–Trinajstić information content (AvgIpc) is 3.11. The number of aromatic amines is 1. The van der Waals surface area contributed by atoms with Crippen LogP contribution in [0.3, 0.4) is 0 Å². The minimum absolute atomic E-state index is 0.179. The number of benzene rings is 2. The highest BCUT2D eigenvalue weighted by Gasteiger charge is 2.15. The maximum atomic E-state index is 6.04. The van der Waals surface area contributed by atoms with Gasteiger partial charge in [0.25, 0.3) is 0 Å². The van der Waals surface area contributed by atoms with E-state index in [1.807, 2.05) is 48.7 Å². The van der Waals surface area contributed by atoms with Crippen LogP contribution < -0.4 is 0 Å². The van der Waals surface area contributed by atoms with Crippen molar-refractivity contribution >= 4 is 0 Å². The monoisotopic (exact) mass is 290 g/mol. The van der Waals surface area contributed by atoms with Gasteiger partial charge in [-0.05, 0) is 11.1 Å². The predicted molar refractivity (Wildman–Crippen MR) is 88.2 cm³/mol. The van der Waals surface area contributed by atoms with Crippen molar-refractivity contribution in [2.75, 3.05) is 0 Å². The molecular formula is C19H18N2O. The number of hydrogen-bond acceptors (Lipinski definition) is 2. The van der Waals surface area contributed by atoms with Crippen molar-refractivity contribution in [3.63, 3.8) is 0 Å². The van der Waals surface area contributed by atoms with Crippen molar-refractivity contribution < 1.29 is 4.74 Å². The second kappa shape index (κ2) is 6.87. The number of nitrogens with zero attached hydrogens (tertiary/aromatic N) is 1. The van der Waals surface area contributed by atoms with E-state index in [2.05, 4.69) is 34.7 Å². The molecule has 2 aromatic carbocycles. The van der Waals surface area contributed by atoms with Gasteiger partial charge in [0, 0.05) is 18.0 Å². The third kappa shape index (κ3) is 3.15. The van der Waals surface area contributed by atoms with E-state index in [1.165, 1.54) is 0 Å². The molecule has 0 saturated carbocycles. The van der Waals surface area contributed by atoms with E-state index in [9.17, 15) is 0 Å². The maximum Gasteiger partial charge on any atom is 0.137 e. The molecule has 0 aliphatic heterocycles. The van der Waals surface area contributed by atoms with Gasteiger partial charge < -0.3 is 9.72 Å². The third-order valence-corrected chi connectivity index (χ3v) is 3.51. The Kier molecular flexibility index (Phi) is 4.47. The number of imidazole rings is 1. The number of rotatable bonds is 6. The maximum absolute atomic E-state index is 6.04. The van der Waals surface area contributed by atoms with E-state index in [0.717, 1.165) is 22.5 Å². The van der Waals surface area contributed by atoms with E-state index < -0.39 is 0 Å². The molecule has 1 heterocycles. The molecule has 1 aromatic heterocycles. The minimum Gasteiger partial charge on any atom is -0.365 e. The Morgan fingerprint density at radius 3 is 2.59 bits per heavy atom. The summed E-state index contributed by atoms with van der Waals surface area (Å²) in [5.41, 5.74) is 3.23. The first kappa shape index (κ1) is 14.3. The van der Waals surface area contributed by atoms with Gasteiger partial charge in [0.1, 0.15) is 11.9 Å². The lowest BCUT2D eigenvalue weighted by atomic mass is 10.0. The molecule has 1 unspecified atom stereocenters. The molecule has 0 amide bonds. The molecular weight excluding hydrogens is 272 g/mol. The average molecular weight is 290 g/mol. The van der Waals surface area contributed by atoms with Crippen LogP contribution in [0.15, 0.2) is 79.6 Å². The van der Waals surface area contributed by atoms with Gasteiger partial charge in [0.2, 0.25) is 0 Å². The minimum atomic E-state index is -0.179. The first-order valence-electron chi connectivity index (χ1n) is 7.25. The lowest BCUT2D eigenvalue weighted by molar-refractivity contribution is 0.0724. The number of hydrogen-bond donors (Lipinski definition) is 1. The highest BCUT2D eigenvalue weighted by Crippen LogP contribution is 2.29. The molecule has 3 rings (SSSR count). The summed E-state index contributed by atoms with van der Waals surface area (Å²) in [6.07, 6.45) is 5.21. The van der Waals surface area contributed by atoms with Gasteiger partial charge in [-0.25, -0.2) is 4.98 Å². The number of H-pyrrole nitrogens is 1. The molecule has 0 fully saturated rings. The summed E-state index contributed by atoms with van der Waals surface area (Å²) in [5, 5.41) is 0. The predicted octanol–water partition coefficient (Wildman–Crippen LogP) is 4.52. The molecule has 1 N–H and O–H groups in total. The number of aromatic nitrogens is 2. The molecule has 3 nitrogen and oxygen atoms in total. The van der Waals surface area contributed by atoms with Crippen LogP contribution in [0.25, 0.3) is 11.4 Å². The third-order valence-electron chi connectivity index (χ3n) is 3.51. The van der Waals surface area contributed by atoms with Crippen molar-refractivity contribution in [2.45, 2.75) is 12.7 Å². The lowest BCUT2D eigenvalue weighted by Crippen LogP contribution is -2.04. The molecule has 0 bridgehead atoms. The SMILES string of the molecule is C=CC(OCc1ccccc1)c1ccccc1-c1ncc[nH]1. The molecule has 110 valence electrons. The molecule has 0 aliphatic rings. The quantitative estimate of drug-likeness (QED) is 0.678. The summed E-state index contributed by atoms with van der Waals surface area (Å²) >= 11 is 0. The summed E-state index contributed by atoms with van der Waals surface area (Å²) in [6, 6.07) is 18.2. The topological polar surface area (TPSA) is 37.9 Å². The molecule has 1 atom stereocenters. The highest BCUT2D eigenvalue weighted by atomic mass is 16.5. The van der Waals surface area contributed by atoms with E-state index >= 15 is 0 Å². The molecule has 0 radical (unpaired) electrons. The van der Waals surface area contributed by atoms with Gasteiger partial charge in [-0.2, -0.15) is 0 Å². The van der Waals surface area contributed by atoms with Crippen molar-refractivity contribution in [3.8, 4) is 11.4 Å². The lowest BCUT2D eigenvalue weighted by Gasteiger charge is -2.17. The Morgan fingerprint density at radius 2 is 1.86 bits per heavy atom. The van der Waals surface area contributed by atoms with Crippen molar-refractivity contribution in [2.24, 2.45) is 0 Å². The second-order valence-corrected chi connectivity index (χ2v) is 4.98. The van der Waals surface area contributed by atoms with E-state index in [-0.39, 0.29) is 6.10 Å². The first-order chi connectivity index (χ1) is 10.9. The van der Waals surface area contributed by atoms with Crippen LogP contribution in [0, 0.1) is 0 Å². The standard InChI is InChI=1S/C19H18N2O/c1-2-18(22-14-15-8-4-3-5-9-15)16-10-6-7-11-17(16)19-20-12-13-21-19/h2-13,18H,1,14H2,(H,20,21). The molecule has 3 aromatic rings. The zero-order valence-corrected chi connectivity index (χ0v) is 12.3. The number of nitrogens with one attached hydrogen (secondary N) is 1. The summed E-state index contributed by atoms with van der Waals surface area (Å²) in [7, 11) is 0. The van der Waals surface area contributed by atoms with Crippen LogP contribution in [-0.2, 0) is 11.3 Å².